The molecule has 14 heavy (non-hydrogen) atoms. The van der Waals surface area contributed by atoms with Crippen LogP contribution in [0.25, 0.3) is 0 Å². The molecule has 0 radical (unpaired) electrons. The molecule has 78 valence electrons. The van der Waals surface area contributed by atoms with Crippen molar-refractivity contribution in [3.63, 3.8) is 0 Å². The standard InChI is InChI=1S/C11H15ClO2/c12-6-2-5-11(14)8-9-3-1-4-10(13)7-9/h1,3-4,7,11,13-14H,2,5-6,8H2. The molecule has 1 aromatic carbocycles. The molecule has 0 saturated heterocycles. The molecular formula is C11H15ClO2. The molecule has 2 nitrogen and oxygen atoms in total. The normalized spacial score (nSPS) is 12.7. The first-order chi connectivity index (χ1) is 6.72. The lowest BCUT2D eigenvalue weighted by molar-refractivity contribution is 0.164. The Hall–Kier alpha value is -0.730. The van der Waals surface area contributed by atoms with Gasteiger partial charge in [-0.05, 0) is 37.0 Å². The number of phenolic OH excluding ortho intramolecular Hbond substituents is 1. The highest BCUT2D eigenvalue weighted by Gasteiger charge is 2.05. The second-order valence-electron chi connectivity index (χ2n) is 3.36. The van der Waals surface area contributed by atoms with Crippen LogP contribution in [0.3, 0.4) is 0 Å². The molecule has 1 aromatic rings. The fraction of sp³-hybridized carbons (Fsp3) is 0.455. The summed E-state index contributed by atoms with van der Waals surface area (Å²) in [5.41, 5.74) is 0.951. The van der Waals surface area contributed by atoms with E-state index in [0.29, 0.717) is 18.7 Å². The highest BCUT2D eigenvalue weighted by molar-refractivity contribution is 6.17. The first-order valence-electron chi connectivity index (χ1n) is 4.74. The van der Waals surface area contributed by atoms with Crippen molar-refractivity contribution in [2.75, 3.05) is 5.88 Å². The van der Waals surface area contributed by atoms with E-state index in [2.05, 4.69) is 0 Å². The summed E-state index contributed by atoms with van der Waals surface area (Å²) >= 11 is 5.52. The minimum absolute atomic E-state index is 0.243. The van der Waals surface area contributed by atoms with Gasteiger partial charge in [-0.1, -0.05) is 12.1 Å². The van der Waals surface area contributed by atoms with E-state index in [1.54, 1.807) is 18.2 Å². The maximum absolute atomic E-state index is 9.58. The van der Waals surface area contributed by atoms with Crippen LogP contribution in [0.2, 0.25) is 0 Å². The van der Waals surface area contributed by atoms with E-state index in [1.807, 2.05) is 6.07 Å². The fourth-order valence-corrected chi connectivity index (χ4v) is 1.52. The Morgan fingerprint density at radius 3 is 2.79 bits per heavy atom. The van der Waals surface area contributed by atoms with Crippen LogP contribution >= 0.6 is 11.6 Å². The van der Waals surface area contributed by atoms with Crippen LogP contribution in [0.15, 0.2) is 24.3 Å². The molecule has 2 N–H and O–H groups in total. The third-order valence-electron chi connectivity index (χ3n) is 2.05. The molecular weight excluding hydrogens is 200 g/mol. The average molecular weight is 215 g/mol. The van der Waals surface area contributed by atoms with Crippen LogP contribution in [0.5, 0.6) is 5.75 Å². The monoisotopic (exact) mass is 214 g/mol. The molecule has 0 amide bonds. The summed E-state index contributed by atoms with van der Waals surface area (Å²) in [6, 6.07) is 6.96. The van der Waals surface area contributed by atoms with Crippen LogP contribution in [-0.2, 0) is 6.42 Å². The maximum Gasteiger partial charge on any atom is 0.115 e. The summed E-state index contributed by atoms with van der Waals surface area (Å²) < 4.78 is 0. The minimum Gasteiger partial charge on any atom is -0.508 e. The summed E-state index contributed by atoms with van der Waals surface area (Å²) in [5, 5.41) is 18.8. The van der Waals surface area contributed by atoms with Gasteiger partial charge in [-0.25, -0.2) is 0 Å². The van der Waals surface area contributed by atoms with E-state index < -0.39 is 0 Å². The Kier molecular flexibility index (Phi) is 4.77. The number of hydrogen-bond donors (Lipinski definition) is 2. The second kappa shape index (κ2) is 5.89. The van der Waals surface area contributed by atoms with Gasteiger partial charge < -0.3 is 10.2 Å². The van der Waals surface area contributed by atoms with Crippen LogP contribution in [0.4, 0.5) is 0 Å². The lowest BCUT2D eigenvalue weighted by Crippen LogP contribution is -2.10. The third kappa shape index (κ3) is 3.99. The van der Waals surface area contributed by atoms with E-state index in [1.165, 1.54) is 0 Å². The molecule has 0 bridgehead atoms. The van der Waals surface area contributed by atoms with E-state index in [-0.39, 0.29) is 11.9 Å². The number of hydrogen-bond acceptors (Lipinski definition) is 2. The van der Waals surface area contributed by atoms with Crippen LogP contribution in [0, 0.1) is 0 Å². The maximum atomic E-state index is 9.58. The summed E-state index contributed by atoms with van der Waals surface area (Å²) in [6.07, 6.45) is 1.74. The van der Waals surface area contributed by atoms with Gasteiger partial charge in [0.05, 0.1) is 6.10 Å². The Labute approximate surface area is 89.1 Å². The van der Waals surface area contributed by atoms with Gasteiger partial charge in [-0.3, -0.25) is 0 Å². The van der Waals surface area contributed by atoms with E-state index in [9.17, 15) is 10.2 Å². The minimum atomic E-state index is -0.365. The molecule has 1 atom stereocenters. The zero-order valence-electron chi connectivity index (χ0n) is 7.99. The van der Waals surface area contributed by atoms with Crippen molar-refractivity contribution in [2.24, 2.45) is 0 Å². The zero-order chi connectivity index (χ0) is 10.4. The SMILES string of the molecule is Oc1cccc(CC(O)CCCCl)c1. The van der Waals surface area contributed by atoms with Gasteiger partial charge >= 0.3 is 0 Å². The van der Waals surface area contributed by atoms with Gasteiger partial charge in [-0.15, -0.1) is 11.6 Å². The third-order valence-corrected chi connectivity index (χ3v) is 2.32. The topological polar surface area (TPSA) is 40.5 Å². The van der Waals surface area contributed by atoms with Gasteiger partial charge in [0, 0.05) is 5.88 Å². The van der Waals surface area contributed by atoms with Crippen molar-refractivity contribution >= 4 is 11.6 Å². The number of phenols is 1. The predicted molar refractivity (Wildman–Crippen MR) is 57.8 cm³/mol. The van der Waals surface area contributed by atoms with Gasteiger partial charge in [-0.2, -0.15) is 0 Å². The molecule has 0 aliphatic heterocycles. The van der Waals surface area contributed by atoms with E-state index >= 15 is 0 Å². The Morgan fingerprint density at radius 2 is 2.14 bits per heavy atom. The quantitative estimate of drug-likeness (QED) is 0.739. The van der Waals surface area contributed by atoms with Gasteiger partial charge in [0.2, 0.25) is 0 Å². The molecule has 0 aliphatic carbocycles. The second-order valence-corrected chi connectivity index (χ2v) is 3.74. The highest BCUT2D eigenvalue weighted by atomic mass is 35.5. The molecule has 0 aliphatic rings. The largest absolute Gasteiger partial charge is 0.508 e. The number of benzene rings is 1. The van der Waals surface area contributed by atoms with Crippen molar-refractivity contribution < 1.29 is 10.2 Å². The predicted octanol–water partition coefficient (Wildman–Crippen LogP) is 2.31. The van der Waals surface area contributed by atoms with Crippen molar-refractivity contribution in [3.05, 3.63) is 29.8 Å². The van der Waals surface area contributed by atoms with Crippen LogP contribution in [0.1, 0.15) is 18.4 Å². The number of alkyl halides is 1. The molecule has 0 aromatic heterocycles. The summed E-state index contributed by atoms with van der Waals surface area (Å²) in [5.74, 6) is 0.823. The van der Waals surface area contributed by atoms with Gasteiger partial charge in [0.15, 0.2) is 0 Å². The van der Waals surface area contributed by atoms with Gasteiger partial charge in [0.25, 0.3) is 0 Å². The number of aromatic hydroxyl groups is 1. The molecule has 0 saturated carbocycles. The molecule has 1 unspecified atom stereocenters. The van der Waals surface area contributed by atoms with Crippen molar-refractivity contribution in [1.82, 2.24) is 0 Å². The zero-order valence-corrected chi connectivity index (χ0v) is 8.74. The Bertz CT molecular complexity index is 276. The van der Waals surface area contributed by atoms with Crippen molar-refractivity contribution in [2.45, 2.75) is 25.4 Å². The van der Waals surface area contributed by atoms with Crippen molar-refractivity contribution in [3.8, 4) is 5.75 Å². The Morgan fingerprint density at radius 1 is 1.36 bits per heavy atom. The van der Waals surface area contributed by atoms with Crippen molar-refractivity contribution in [1.29, 1.82) is 0 Å². The first-order valence-corrected chi connectivity index (χ1v) is 5.28. The Balaban J connectivity index is 2.43. The van der Waals surface area contributed by atoms with Crippen LogP contribution in [-0.4, -0.2) is 22.2 Å². The smallest absolute Gasteiger partial charge is 0.115 e. The van der Waals surface area contributed by atoms with E-state index in [4.69, 9.17) is 11.6 Å². The molecule has 0 spiro atoms. The first kappa shape index (κ1) is 11.3. The molecule has 1 rings (SSSR count). The van der Waals surface area contributed by atoms with Gasteiger partial charge in [0.1, 0.15) is 5.75 Å². The number of aliphatic hydroxyl groups excluding tert-OH is 1. The summed E-state index contributed by atoms with van der Waals surface area (Å²) in [4.78, 5) is 0. The molecule has 0 fully saturated rings. The number of halogens is 1. The molecule has 3 heteroatoms. The lowest BCUT2D eigenvalue weighted by atomic mass is 10.0. The lowest BCUT2D eigenvalue weighted by Gasteiger charge is -2.09. The number of aliphatic hydroxyl groups is 1. The number of rotatable bonds is 5. The van der Waals surface area contributed by atoms with Crippen LogP contribution < -0.4 is 0 Å². The molecule has 0 heterocycles. The summed E-state index contributed by atoms with van der Waals surface area (Å²) in [7, 11) is 0. The van der Waals surface area contributed by atoms with E-state index in [0.717, 1.165) is 12.0 Å². The highest BCUT2D eigenvalue weighted by Crippen LogP contribution is 2.14. The summed E-state index contributed by atoms with van der Waals surface area (Å²) in [6.45, 7) is 0. The average Bonchev–Trinajstić information content (AvgIpc) is 2.15. The fourth-order valence-electron chi connectivity index (χ4n) is 1.37.